The van der Waals surface area contributed by atoms with Gasteiger partial charge in [-0.25, -0.2) is 4.98 Å². The Kier molecular flexibility index (Phi) is 5.54. The monoisotopic (exact) mass is 365 g/mol. The van der Waals surface area contributed by atoms with Crippen LogP contribution in [-0.4, -0.2) is 28.4 Å². The molecule has 0 aliphatic rings. The number of hydrogen-bond donors (Lipinski definition) is 1. The smallest absolute Gasteiger partial charge is 0.227 e. The summed E-state index contributed by atoms with van der Waals surface area (Å²) >= 11 is 0. The largest absolute Gasteiger partial charge is 0.496 e. The number of fused-ring (bicyclic) bond motifs is 1. The number of aryl methyl sites for hydroxylation is 2. The van der Waals surface area contributed by atoms with Gasteiger partial charge in [0.1, 0.15) is 5.75 Å². The Morgan fingerprint density at radius 1 is 1.15 bits per heavy atom. The molecule has 1 heterocycles. The van der Waals surface area contributed by atoms with Gasteiger partial charge in [-0.2, -0.15) is 0 Å². The van der Waals surface area contributed by atoms with Gasteiger partial charge in [0.15, 0.2) is 5.78 Å². The van der Waals surface area contributed by atoms with E-state index in [1.54, 1.807) is 12.1 Å². The molecule has 0 aliphatic carbocycles. The number of rotatable bonds is 7. The second-order valence-electron chi connectivity index (χ2n) is 6.34. The Bertz CT molecular complexity index is 992. The average Bonchev–Trinajstić information content (AvgIpc) is 3.02. The molecule has 140 valence electrons. The maximum absolute atomic E-state index is 12.5. The van der Waals surface area contributed by atoms with E-state index in [1.165, 1.54) is 7.11 Å². The second kappa shape index (κ2) is 8.03. The molecule has 0 fully saturated rings. The number of anilines is 1. The van der Waals surface area contributed by atoms with Crippen molar-refractivity contribution in [2.75, 3.05) is 12.4 Å². The lowest BCUT2D eigenvalue weighted by molar-refractivity contribution is -0.116. The molecule has 0 atom stereocenters. The fourth-order valence-corrected chi connectivity index (χ4v) is 3.08. The first kappa shape index (κ1) is 18.6. The number of carbonyl (C=O) groups excluding carboxylic acids is 2. The number of para-hydroxylation sites is 2. The van der Waals surface area contributed by atoms with Crippen LogP contribution in [0.5, 0.6) is 5.75 Å². The molecule has 6 nitrogen and oxygen atoms in total. The first-order valence-electron chi connectivity index (χ1n) is 8.96. The summed E-state index contributed by atoms with van der Waals surface area (Å²) in [6.07, 6.45) is 0.195. The minimum atomic E-state index is -0.236. The van der Waals surface area contributed by atoms with Crippen molar-refractivity contribution in [2.24, 2.45) is 0 Å². The predicted molar refractivity (Wildman–Crippen MR) is 105 cm³/mol. The van der Waals surface area contributed by atoms with Crippen molar-refractivity contribution in [1.29, 1.82) is 0 Å². The lowest BCUT2D eigenvalue weighted by Gasteiger charge is -2.09. The van der Waals surface area contributed by atoms with Gasteiger partial charge in [-0.15, -0.1) is 0 Å². The van der Waals surface area contributed by atoms with Gasteiger partial charge >= 0.3 is 0 Å². The zero-order valence-corrected chi connectivity index (χ0v) is 15.8. The van der Waals surface area contributed by atoms with Crippen LogP contribution in [0.15, 0.2) is 42.5 Å². The maximum atomic E-state index is 12.5. The number of ether oxygens (including phenoxy) is 1. The first-order valence-corrected chi connectivity index (χ1v) is 8.96. The molecule has 0 bridgehead atoms. The van der Waals surface area contributed by atoms with Crippen LogP contribution in [0.3, 0.4) is 0 Å². The summed E-state index contributed by atoms with van der Waals surface area (Å²) in [5, 5.41) is 2.83. The quantitative estimate of drug-likeness (QED) is 0.643. The second-order valence-corrected chi connectivity index (χ2v) is 6.34. The molecule has 0 spiro atoms. The summed E-state index contributed by atoms with van der Waals surface area (Å²) in [5.41, 5.74) is 3.28. The molecule has 0 radical (unpaired) electrons. The molecule has 27 heavy (non-hydrogen) atoms. The van der Waals surface area contributed by atoms with E-state index in [0.717, 1.165) is 16.6 Å². The molecular weight excluding hydrogens is 342 g/mol. The molecule has 3 rings (SSSR count). The van der Waals surface area contributed by atoms with Gasteiger partial charge in [0.05, 0.1) is 23.7 Å². The summed E-state index contributed by atoms with van der Waals surface area (Å²) in [5.74, 6) is 0.678. The number of nitrogens with zero attached hydrogens (tertiary/aromatic N) is 2. The summed E-state index contributed by atoms with van der Waals surface area (Å²) in [7, 11) is 1.53. The zero-order valence-electron chi connectivity index (χ0n) is 15.8. The first-order chi connectivity index (χ1) is 13.0. The molecule has 3 aromatic rings. The molecule has 0 saturated heterocycles. The Balaban J connectivity index is 1.68. The minimum Gasteiger partial charge on any atom is -0.496 e. The minimum absolute atomic E-state index is 0.0862. The Morgan fingerprint density at radius 2 is 1.93 bits per heavy atom. The van der Waals surface area contributed by atoms with E-state index in [2.05, 4.69) is 10.3 Å². The van der Waals surface area contributed by atoms with Gasteiger partial charge in [-0.1, -0.05) is 23.8 Å². The fraction of sp³-hybridized carbons (Fsp3) is 0.286. The standard InChI is InChI=1S/C21H23N3O3/c1-4-24-17-8-6-5-7-16(17)22-21(24)23-20(26)12-10-18(25)15-13-14(2)9-11-19(15)27-3/h5-9,11,13H,4,10,12H2,1-3H3,(H,22,23,26). The van der Waals surface area contributed by atoms with Crippen LogP contribution in [0.1, 0.15) is 35.7 Å². The van der Waals surface area contributed by atoms with Gasteiger partial charge in [-0.3, -0.25) is 14.9 Å². The van der Waals surface area contributed by atoms with E-state index in [1.807, 2.05) is 48.7 Å². The normalized spacial score (nSPS) is 10.8. The number of benzene rings is 2. The summed E-state index contributed by atoms with van der Waals surface area (Å²) in [4.78, 5) is 29.4. The van der Waals surface area contributed by atoms with Gasteiger partial charge in [0, 0.05) is 19.4 Å². The van der Waals surface area contributed by atoms with Crippen LogP contribution in [-0.2, 0) is 11.3 Å². The highest BCUT2D eigenvalue weighted by molar-refractivity contribution is 6.01. The van der Waals surface area contributed by atoms with E-state index < -0.39 is 0 Å². The molecule has 6 heteroatoms. The molecule has 0 unspecified atom stereocenters. The van der Waals surface area contributed by atoms with Crippen LogP contribution >= 0.6 is 0 Å². The summed E-state index contributed by atoms with van der Waals surface area (Å²) in [6, 6.07) is 13.2. The summed E-state index contributed by atoms with van der Waals surface area (Å²) in [6.45, 7) is 4.60. The average molecular weight is 365 g/mol. The fourth-order valence-electron chi connectivity index (χ4n) is 3.08. The maximum Gasteiger partial charge on any atom is 0.227 e. The third-order valence-electron chi connectivity index (χ3n) is 4.46. The van der Waals surface area contributed by atoms with E-state index in [4.69, 9.17) is 4.74 Å². The molecule has 1 aromatic heterocycles. The number of methoxy groups -OCH3 is 1. The van der Waals surface area contributed by atoms with E-state index in [-0.39, 0.29) is 24.5 Å². The molecule has 1 amide bonds. The Labute approximate surface area is 158 Å². The molecule has 1 N–H and O–H groups in total. The SMILES string of the molecule is CCn1c(NC(=O)CCC(=O)c2cc(C)ccc2OC)nc2ccccc21. The van der Waals surface area contributed by atoms with Gasteiger partial charge in [0.2, 0.25) is 11.9 Å². The highest BCUT2D eigenvalue weighted by Crippen LogP contribution is 2.22. The Hall–Kier alpha value is -3.15. The highest BCUT2D eigenvalue weighted by Gasteiger charge is 2.16. The topological polar surface area (TPSA) is 73.2 Å². The van der Waals surface area contributed by atoms with E-state index in [9.17, 15) is 9.59 Å². The molecule has 0 aliphatic heterocycles. The van der Waals surface area contributed by atoms with Crippen molar-refractivity contribution in [3.8, 4) is 5.75 Å². The van der Waals surface area contributed by atoms with Crippen LogP contribution in [0, 0.1) is 6.92 Å². The number of Topliss-reactive ketones (excluding diaryl/α,β-unsaturated/α-hetero) is 1. The molecular formula is C21H23N3O3. The number of aromatic nitrogens is 2. The zero-order chi connectivity index (χ0) is 19.4. The number of nitrogens with one attached hydrogen (secondary N) is 1. The van der Waals surface area contributed by atoms with Crippen LogP contribution in [0.4, 0.5) is 5.95 Å². The van der Waals surface area contributed by atoms with Crippen LogP contribution in [0.25, 0.3) is 11.0 Å². The van der Waals surface area contributed by atoms with Crippen molar-refractivity contribution in [3.63, 3.8) is 0 Å². The van der Waals surface area contributed by atoms with Gasteiger partial charge < -0.3 is 9.30 Å². The number of carbonyl (C=O) groups is 2. The van der Waals surface area contributed by atoms with Crippen molar-refractivity contribution >= 4 is 28.7 Å². The predicted octanol–water partition coefficient (Wildman–Crippen LogP) is 3.97. The number of ketones is 1. The Morgan fingerprint density at radius 3 is 2.67 bits per heavy atom. The lowest BCUT2D eigenvalue weighted by Crippen LogP contribution is -2.17. The molecule has 2 aromatic carbocycles. The van der Waals surface area contributed by atoms with Crippen molar-refractivity contribution in [2.45, 2.75) is 33.2 Å². The van der Waals surface area contributed by atoms with Gasteiger partial charge in [-0.05, 0) is 38.1 Å². The van der Waals surface area contributed by atoms with Crippen molar-refractivity contribution in [1.82, 2.24) is 9.55 Å². The number of imidazole rings is 1. The van der Waals surface area contributed by atoms with Gasteiger partial charge in [0.25, 0.3) is 0 Å². The van der Waals surface area contributed by atoms with E-state index >= 15 is 0 Å². The number of hydrogen-bond acceptors (Lipinski definition) is 4. The molecule has 0 saturated carbocycles. The third kappa shape index (κ3) is 4.00. The van der Waals surface area contributed by atoms with Crippen molar-refractivity contribution in [3.05, 3.63) is 53.6 Å². The highest BCUT2D eigenvalue weighted by atomic mass is 16.5. The van der Waals surface area contributed by atoms with Crippen LogP contribution in [0.2, 0.25) is 0 Å². The number of amides is 1. The van der Waals surface area contributed by atoms with Crippen molar-refractivity contribution < 1.29 is 14.3 Å². The lowest BCUT2D eigenvalue weighted by atomic mass is 10.0. The summed E-state index contributed by atoms with van der Waals surface area (Å²) < 4.78 is 7.20. The third-order valence-corrected chi connectivity index (χ3v) is 4.46. The van der Waals surface area contributed by atoms with Crippen LogP contribution < -0.4 is 10.1 Å². The van der Waals surface area contributed by atoms with E-state index in [0.29, 0.717) is 23.8 Å².